The fourth-order valence-electron chi connectivity index (χ4n) is 2.73. The van der Waals surface area contributed by atoms with Gasteiger partial charge in [0.1, 0.15) is 28.0 Å². The molecule has 7 heteroatoms. The summed E-state index contributed by atoms with van der Waals surface area (Å²) in [5.74, 6) is 0.0215. The normalized spacial score (nSPS) is 11.5. The van der Waals surface area contributed by atoms with Gasteiger partial charge in [-0.25, -0.2) is 9.78 Å². The second kappa shape index (κ2) is 9.22. The van der Waals surface area contributed by atoms with Crippen molar-refractivity contribution in [1.82, 2.24) is 4.98 Å². The van der Waals surface area contributed by atoms with Crippen molar-refractivity contribution in [2.45, 2.75) is 13.3 Å². The van der Waals surface area contributed by atoms with Crippen molar-refractivity contribution < 1.29 is 19.4 Å². The molecule has 2 aromatic carbocycles. The zero-order chi connectivity index (χ0) is 20.8. The fraction of sp³-hybridized carbons (Fsp3) is 0.227. The number of aromatic carboxylic acids is 1. The van der Waals surface area contributed by atoms with E-state index >= 15 is 0 Å². The van der Waals surface area contributed by atoms with Crippen molar-refractivity contribution >= 4 is 17.3 Å². The lowest BCUT2D eigenvalue weighted by Gasteiger charge is -2.12. The lowest BCUT2D eigenvalue weighted by atomic mass is 10.1. The average molecular weight is 408 g/mol. The van der Waals surface area contributed by atoms with Crippen LogP contribution in [0.4, 0.5) is 0 Å². The molecule has 0 radical (unpaired) electrons. The predicted octanol–water partition coefficient (Wildman–Crippen LogP) is 5.11. The van der Waals surface area contributed by atoms with Crippen LogP contribution >= 0.6 is 11.3 Å². The van der Waals surface area contributed by atoms with Crippen molar-refractivity contribution in [3.63, 3.8) is 0 Å². The molecule has 29 heavy (non-hydrogen) atoms. The second-order valence-corrected chi connectivity index (χ2v) is 7.27. The number of benzene rings is 2. The standard InChI is InChI=1S/C22H20N2O4S/c1-3-14(12-23)13-28-18-7-5-4-6-17(18)21-24-19(20(29-21)22(25)26)15-8-10-16(27-2)11-9-15/h4-11,14H,3,13H2,1-2H3,(H,25,26). The number of nitrogens with zero attached hydrogens (tertiary/aromatic N) is 2. The third kappa shape index (κ3) is 4.55. The van der Waals surface area contributed by atoms with Gasteiger partial charge in [0, 0.05) is 5.56 Å². The molecule has 148 valence electrons. The summed E-state index contributed by atoms with van der Waals surface area (Å²) < 4.78 is 11.0. The molecule has 1 heterocycles. The summed E-state index contributed by atoms with van der Waals surface area (Å²) in [6.45, 7) is 2.21. The van der Waals surface area contributed by atoms with Crippen LogP contribution in [0.15, 0.2) is 48.5 Å². The Labute approximate surface area is 173 Å². The van der Waals surface area contributed by atoms with Crippen LogP contribution in [0.3, 0.4) is 0 Å². The Hall–Kier alpha value is -3.37. The molecule has 0 amide bonds. The summed E-state index contributed by atoms with van der Waals surface area (Å²) in [7, 11) is 1.57. The molecule has 1 N–H and O–H groups in total. The van der Waals surface area contributed by atoms with Gasteiger partial charge in [-0.05, 0) is 42.8 Å². The molecule has 1 atom stereocenters. The minimum atomic E-state index is -1.03. The predicted molar refractivity (Wildman–Crippen MR) is 111 cm³/mol. The molecule has 0 spiro atoms. The first-order valence-electron chi connectivity index (χ1n) is 9.07. The number of carboxylic acids is 1. The Balaban J connectivity index is 2.00. The summed E-state index contributed by atoms with van der Waals surface area (Å²) in [4.78, 5) is 16.6. The average Bonchev–Trinajstić information content (AvgIpc) is 3.20. The molecule has 3 aromatic rings. The van der Waals surface area contributed by atoms with Gasteiger partial charge in [0.2, 0.25) is 0 Å². The van der Waals surface area contributed by atoms with Crippen LogP contribution in [0.5, 0.6) is 11.5 Å². The Morgan fingerprint density at radius 3 is 2.59 bits per heavy atom. The monoisotopic (exact) mass is 408 g/mol. The van der Waals surface area contributed by atoms with Gasteiger partial charge in [-0.3, -0.25) is 0 Å². The lowest BCUT2D eigenvalue weighted by molar-refractivity contribution is 0.0702. The van der Waals surface area contributed by atoms with Gasteiger partial charge >= 0.3 is 5.97 Å². The molecular formula is C22H20N2O4S. The van der Waals surface area contributed by atoms with E-state index in [0.29, 0.717) is 39.7 Å². The number of carboxylic acid groups (broad SMARTS) is 1. The summed E-state index contributed by atoms with van der Waals surface area (Å²) in [6.07, 6.45) is 0.695. The highest BCUT2D eigenvalue weighted by Crippen LogP contribution is 2.38. The van der Waals surface area contributed by atoms with E-state index in [9.17, 15) is 9.90 Å². The van der Waals surface area contributed by atoms with Crippen molar-refractivity contribution in [1.29, 1.82) is 5.26 Å². The smallest absolute Gasteiger partial charge is 0.348 e. The van der Waals surface area contributed by atoms with Gasteiger partial charge in [0.25, 0.3) is 0 Å². The van der Waals surface area contributed by atoms with E-state index in [1.807, 2.05) is 25.1 Å². The maximum atomic E-state index is 11.8. The van der Waals surface area contributed by atoms with Crippen molar-refractivity contribution in [3.8, 4) is 39.4 Å². The molecule has 0 saturated heterocycles. The quantitative estimate of drug-likeness (QED) is 0.557. The third-order valence-corrected chi connectivity index (χ3v) is 5.49. The van der Waals surface area contributed by atoms with Gasteiger partial charge in [-0.1, -0.05) is 19.1 Å². The summed E-state index contributed by atoms with van der Waals surface area (Å²) in [6, 6.07) is 16.6. The van der Waals surface area contributed by atoms with E-state index in [-0.39, 0.29) is 17.4 Å². The first-order valence-corrected chi connectivity index (χ1v) is 9.89. The van der Waals surface area contributed by atoms with E-state index < -0.39 is 5.97 Å². The Bertz CT molecular complexity index is 1040. The van der Waals surface area contributed by atoms with Gasteiger partial charge in [0.15, 0.2) is 0 Å². The number of aromatic nitrogens is 1. The van der Waals surface area contributed by atoms with Crippen LogP contribution in [0.2, 0.25) is 0 Å². The highest BCUT2D eigenvalue weighted by molar-refractivity contribution is 7.17. The van der Waals surface area contributed by atoms with Crippen molar-refractivity contribution in [3.05, 3.63) is 53.4 Å². The SMILES string of the molecule is CCC(C#N)COc1ccccc1-c1nc(-c2ccc(OC)cc2)c(C(=O)O)s1. The van der Waals surface area contributed by atoms with E-state index in [0.717, 1.165) is 11.3 Å². The van der Waals surface area contributed by atoms with Gasteiger partial charge in [-0.15, -0.1) is 11.3 Å². The Kier molecular flexibility index (Phi) is 6.47. The third-order valence-electron chi connectivity index (χ3n) is 4.42. The molecular weight excluding hydrogens is 388 g/mol. The zero-order valence-corrected chi connectivity index (χ0v) is 16.9. The Morgan fingerprint density at radius 1 is 1.24 bits per heavy atom. The van der Waals surface area contributed by atoms with Gasteiger partial charge in [-0.2, -0.15) is 5.26 Å². The highest BCUT2D eigenvalue weighted by atomic mass is 32.1. The molecule has 3 rings (SSSR count). The zero-order valence-electron chi connectivity index (χ0n) is 16.1. The molecule has 0 aliphatic rings. The minimum absolute atomic E-state index is 0.156. The summed E-state index contributed by atoms with van der Waals surface area (Å²) >= 11 is 1.10. The molecule has 1 unspecified atom stereocenters. The van der Waals surface area contributed by atoms with Crippen molar-refractivity contribution in [2.24, 2.45) is 5.92 Å². The maximum Gasteiger partial charge on any atom is 0.348 e. The van der Waals surface area contributed by atoms with Crippen LogP contribution in [-0.2, 0) is 0 Å². The van der Waals surface area contributed by atoms with Gasteiger partial charge < -0.3 is 14.6 Å². The second-order valence-electron chi connectivity index (χ2n) is 6.27. The topological polar surface area (TPSA) is 92.4 Å². The fourth-order valence-corrected chi connectivity index (χ4v) is 3.69. The van der Waals surface area contributed by atoms with Crippen LogP contribution < -0.4 is 9.47 Å². The minimum Gasteiger partial charge on any atom is -0.497 e. The van der Waals surface area contributed by atoms with Crippen LogP contribution in [0.25, 0.3) is 21.8 Å². The number of rotatable bonds is 8. The van der Waals surface area contributed by atoms with Crippen LogP contribution in [-0.4, -0.2) is 29.8 Å². The van der Waals surface area contributed by atoms with E-state index in [4.69, 9.17) is 14.7 Å². The van der Waals surface area contributed by atoms with E-state index in [1.165, 1.54) is 0 Å². The Morgan fingerprint density at radius 2 is 1.97 bits per heavy atom. The molecule has 0 fully saturated rings. The van der Waals surface area contributed by atoms with E-state index in [1.54, 1.807) is 37.4 Å². The van der Waals surface area contributed by atoms with Crippen LogP contribution in [0, 0.1) is 17.2 Å². The molecule has 0 aliphatic carbocycles. The van der Waals surface area contributed by atoms with Crippen LogP contribution in [0.1, 0.15) is 23.0 Å². The number of para-hydroxylation sites is 1. The summed E-state index contributed by atoms with van der Waals surface area (Å²) in [5.41, 5.74) is 1.80. The summed E-state index contributed by atoms with van der Waals surface area (Å²) in [5, 5.41) is 19.4. The number of nitriles is 1. The molecule has 0 bridgehead atoms. The number of thiazole rings is 1. The first-order chi connectivity index (χ1) is 14.1. The first kappa shape index (κ1) is 20.4. The lowest BCUT2D eigenvalue weighted by Crippen LogP contribution is -2.09. The maximum absolute atomic E-state index is 11.8. The number of hydrogen-bond acceptors (Lipinski definition) is 6. The molecule has 0 aliphatic heterocycles. The number of hydrogen-bond donors (Lipinski definition) is 1. The molecule has 0 saturated carbocycles. The highest BCUT2D eigenvalue weighted by Gasteiger charge is 2.21. The number of methoxy groups -OCH3 is 1. The van der Waals surface area contributed by atoms with Crippen molar-refractivity contribution in [2.75, 3.05) is 13.7 Å². The molecule has 1 aromatic heterocycles. The largest absolute Gasteiger partial charge is 0.497 e. The number of carbonyl (C=O) groups is 1. The number of ether oxygens (including phenoxy) is 2. The molecule has 6 nitrogen and oxygen atoms in total. The van der Waals surface area contributed by atoms with Gasteiger partial charge in [0.05, 0.1) is 30.4 Å². The van der Waals surface area contributed by atoms with E-state index in [2.05, 4.69) is 11.1 Å².